The normalized spacial score (nSPS) is 20.5. The standard InChI is InChI=1S/C29H38N6O5S/c1-19-25(18-41-29-32-33-34-35(29)3)39-28(40-27(19)22-13-11-21(17-36)12-14-22)23-8-7-9-24(16-23)31-26(38)10-5-4-6-15-30-20(2)37/h7-9,11-14,16,19,25,27-28,36H,4-6,10,15,17-18H2,1-3H3,(H,30,37)(H,31,38)/t19-,25+,27+,28+/m1/s1. The van der Waals surface area contributed by atoms with Crippen molar-refractivity contribution in [2.45, 2.75) is 69.8 Å². The van der Waals surface area contributed by atoms with E-state index in [0.29, 0.717) is 29.6 Å². The molecule has 41 heavy (non-hydrogen) atoms. The maximum absolute atomic E-state index is 12.6. The van der Waals surface area contributed by atoms with Crippen molar-refractivity contribution in [3.05, 3.63) is 65.2 Å². The van der Waals surface area contributed by atoms with Crippen molar-refractivity contribution >= 4 is 29.3 Å². The van der Waals surface area contributed by atoms with Crippen LogP contribution in [0.2, 0.25) is 0 Å². The van der Waals surface area contributed by atoms with Gasteiger partial charge in [0.1, 0.15) is 0 Å². The van der Waals surface area contributed by atoms with Gasteiger partial charge < -0.3 is 25.2 Å². The van der Waals surface area contributed by atoms with E-state index in [1.54, 1.807) is 11.7 Å². The van der Waals surface area contributed by atoms with Gasteiger partial charge in [-0.15, -0.1) is 5.10 Å². The molecule has 1 saturated heterocycles. The number of aliphatic hydroxyl groups is 1. The number of benzene rings is 2. The molecule has 4 atom stereocenters. The van der Waals surface area contributed by atoms with Crippen LogP contribution in [0.15, 0.2) is 53.7 Å². The van der Waals surface area contributed by atoms with Gasteiger partial charge in [-0.1, -0.05) is 61.5 Å². The lowest BCUT2D eigenvalue weighted by molar-refractivity contribution is -0.268. The zero-order valence-corrected chi connectivity index (χ0v) is 24.5. The molecule has 11 nitrogen and oxygen atoms in total. The van der Waals surface area contributed by atoms with Crippen LogP contribution < -0.4 is 10.6 Å². The molecule has 2 amide bonds. The Morgan fingerprint density at radius 3 is 2.59 bits per heavy atom. The molecule has 4 rings (SSSR count). The molecule has 0 aliphatic carbocycles. The second-order valence-electron chi connectivity index (χ2n) is 10.2. The number of aromatic nitrogens is 4. The Morgan fingerprint density at radius 1 is 1.07 bits per heavy atom. The fraction of sp³-hybridized carbons (Fsp3) is 0.483. The molecule has 1 aromatic heterocycles. The number of aryl methyl sites for hydroxylation is 1. The van der Waals surface area contributed by atoms with E-state index in [0.717, 1.165) is 36.0 Å². The van der Waals surface area contributed by atoms with E-state index in [9.17, 15) is 14.7 Å². The molecular weight excluding hydrogens is 544 g/mol. The minimum atomic E-state index is -0.650. The van der Waals surface area contributed by atoms with E-state index in [-0.39, 0.29) is 36.5 Å². The Labute approximate surface area is 244 Å². The summed E-state index contributed by atoms with van der Waals surface area (Å²) >= 11 is 1.53. The van der Waals surface area contributed by atoms with Gasteiger partial charge in [-0.25, -0.2) is 4.68 Å². The van der Waals surface area contributed by atoms with Crippen LogP contribution in [-0.4, -0.2) is 55.5 Å². The number of hydrogen-bond acceptors (Lipinski definition) is 9. The van der Waals surface area contributed by atoms with E-state index in [1.807, 2.05) is 48.5 Å². The first-order valence-electron chi connectivity index (χ1n) is 13.8. The molecular formula is C29H38N6O5S. The summed E-state index contributed by atoms with van der Waals surface area (Å²) in [6.45, 7) is 4.21. The smallest absolute Gasteiger partial charge is 0.224 e. The van der Waals surface area contributed by atoms with Crippen molar-refractivity contribution in [1.82, 2.24) is 25.5 Å². The van der Waals surface area contributed by atoms with Crippen molar-refractivity contribution in [2.75, 3.05) is 17.6 Å². The zero-order chi connectivity index (χ0) is 29.2. The number of rotatable bonds is 13. The Bertz CT molecular complexity index is 1290. The third-order valence-corrected chi connectivity index (χ3v) is 8.08. The fourth-order valence-corrected chi connectivity index (χ4v) is 5.66. The van der Waals surface area contributed by atoms with Crippen LogP contribution >= 0.6 is 11.8 Å². The summed E-state index contributed by atoms with van der Waals surface area (Å²) in [6, 6.07) is 15.3. The number of aliphatic hydroxyl groups excluding tert-OH is 1. The number of nitrogens with zero attached hydrogens (tertiary/aromatic N) is 4. The largest absolute Gasteiger partial charge is 0.392 e. The SMILES string of the molecule is CC(=O)NCCCCCC(=O)Nc1cccc([C@H]2O[C@@H](CSc3nnnn3C)[C@@H](C)[C@@H](c3ccc(CO)cc3)O2)c1. The number of carbonyl (C=O) groups is 2. The van der Waals surface area contributed by atoms with E-state index in [4.69, 9.17) is 9.47 Å². The van der Waals surface area contributed by atoms with Gasteiger partial charge in [-0.2, -0.15) is 0 Å². The molecule has 0 bridgehead atoms. The van der Waals surface area contributed by atoms with Crippen molar-refractivity contribution in [3.63, 3.8) is 0 Å². The Morgan fingerprint density at radius 2 is 1.88 bits per heavy atom. The average Bonchev–Trinajstić information content (AvgIpc) is 3.38. The number of hydrogen-bond donors (Lipinski definition) is 3. The molecule has 0 radical (unpaired) electrons. The first kappa shape index (κ1) is 30.6. The highest BCUT2D eigenvalue weighted by molar-refractivity contribution is 7.99. The maximum Gasteiger partial charge on any atom is 0.224 e. The number of carbonyl (C=O) groups excluding carboxylic acids is 2. The molecule has 220 valence electrons. The maximum atomic E-state index is 12.6. The van der Waals surface area contributed by atoms with Crippen molar-refractivity contribution in [2.24, 2.45) is 13.0 Å². The van der Waals surface area contributed by atoms with Crippen LogP contribution in [0, 0.1) is 5.92 Å². The van der Waals surface area contributed by atoms with Gasteiger partial charge >= 0.3 is 0 Å². The summed E-state index contributed by atoms with van der Waals surface area (Å²) in [7, 11) is 1.80. The lowest BCUT2D eigenvalue weighted by atomic mass is 9.91. The Hall–Kier alpha value is -3.32. The predicted molar refractivity (Wildman–Crippen MR) is 155 cm³/mol. The van der Waals surface area contributed by atoms with Gasteiger partial charge in [-0.05, 0) is 46.5 Å². The fourth-order valence-electron chi connectivity index (χ4n) is 4.65. The van der Waals surface area contributed by atoms with Gasteiger partial charge in [0.25, 0.3) is 0 Å². The number of thioether (sulfide) groups is 1. The minimum Gasteiger partial charge on any atom is -0.392 e. The molecule has 2 heterocycles. The lowest BCUT2D eigenvalue weighted by Gasteiger charge is -2.41. The average molecular weight is 583 g/mol. The third kappa shape index (κ3) is 8.83. The molecule has 3 aromatic rings. The molecule has 0 spiro atoms. The summed E-state index contributed by atoms with van der Waals surface area (Å²) in [5.41, 5.74) is 3.32. The van der Waals surface area contributed by atoms with Crippen LogP contribution in [0.1, 0.15) is 68.6 Å². The van der Waals surface area contributed by atoms with Crippen LogP contribution in [-0.2, 0) is 32.7 Å². The lowest BCUT2D eigenvalue weighted by Crippen LogP contribution is -2.38. The van der Waals surface area contributed by atoms with Gasteiger partial charge in [0, 0.05) is 49.9 Å². The molecule has 1 fully saturated rings. The summed E-state index contributed by atoms with van der Waals surface area (Å²) in [6.07, 6.45) is 1.78. The summed E-state index contributed by atoms with van der Waals surface area (Å²) in [4.78, 5) is 23.5. The zero-order valence-electron chi connectivity index (χ0n) is 23.7. The predicted octanol–water partition coefficient (Wildman–Crippen LogP) is 3.92. The van der Waals surface area contributed by atoms with Crippen LogP contribution in [0.5, 0.6) is 0 Å². The number of tetrazole rings is 1. The summed E-state index contributed by atoms with van der Waals surface area (Å²) in [5, 5.41) is 27.6. The molecule has 2 aromatic carbocycles. The molecule has 0 unspecified atom stereocenters. The first-order valence-corrected chi connectivity index (χ1v) is 14.8. The highest BCUT2D eigenvalue weighted by Crippen LogP contribution is 2.43. The topological polar surface area (TPSA) is 140 Å². The molecule has 3 N–H and O–H groups in total. The molecule has 1 aliphatic heterocycles. The number of anilines is 1. The van der Waals surface area contributed by atoms with Crippen LogP contribution in [0.4, 0.5) is 5.69 Å². The highest BCUT2D eigenvalue weighted by atomic mass is 32.2. The van der Waals surface area contributed by atoms with E-state index in [2.05, 4.69) is 33.1 Å². The first-order chi connectivity index (χ1) is 19.8. The second-order valence-corrected chi connectivity index (χ2v) is 11.2. The summed E-state index contributed by atoms with van der Waals surface area (Å²) in [5.74, 6) is 0.545. The van der Waals surface area contributed by atoms with Crippen LogP contribution in [0.25, 0.3) is 0 Å². The number of ether oxygens (including phenoxy) is 2. The third-order valence-electron chi connectivity index (χ3n) is 6.98. The highest BCUT2D eigenvalue weighted by Gasteiger charge is 2.38. The van der Waals surface area contributed by atoms with Gasteiger partial charge in [-0.3, -0.25) is 9.59 Å². The monoisotopic (exact) mass is 582 g/mol. The molecule has 1 aliphatic rings. The van der Waals surface area contributed by atoms with Crippen molar-refractivity contribution in [3.8, 4) is 0 Å². The molecule has 0 saturated carbocycles. The number of unbranched alkanes of at least 4 members (excludes halogenated alkanes) is 2. The quantitative estimate of drug-likeness (QED) is 0.202. The number of amides is 2. The number of nitrogens with one attached hydrogen (secondary N) is 2. The van der Waals surface area contributed by atoms with Gasteiger partial charge in [0.15, 0.2) is 6.29 Å². The minimum absolute atomic E-state index is 0.0202. The van der Waals surface area contributed by atoms with Gasteiger partial charge in [0.2, 0.25) is 17.0 Å². The van der Waals surface area contributed by atoms with Crippen molar-refractivity contribution in [1.29, 1.82) is 0 Å². The van der Waals surface area contributed by atoms with E-state index in [1.165, 1.54) is 18.7 Å². The van der Waals surface area contributed by atoms with E-state index < -0.39 is 6.29 Å². The van der Waals surface area contributed by atoms with Crippen LogP contribution in [0.3, 0.4) is 0 Å². The summed E-state index contributed by atoms with van der Waals surface area (Å²) < 4.78 is 14.7. The van der Waals surface area contributed by atoms with E-state index >= 15 is 0 Å². The van der Waals surface area contributed by atoms with Crippen molar-refractivity contribution < 1.29 is 24.2 Å². The van der Waals surface area contributed by atoms with Gasteiger partial charge in [0.05, 0.1) is 18.8 Å². The Balaban J connectivity index is 1.43. The molecule has 12 heteroatoms. The second kappa shape index (κ2) is 15.1. The Kier molecular flexibility index (Phi) is 11.3.